The van der Waals surface area contributed by atoms with Crippen LogP contribution >= 0.6 is 0 Å². The smallest absolute Gasteiger partial charge is 0.226 e. The number of fused-ring (bicyclic) bond motifs is 1. The molecule has 0 aliphatic carbocycles. The van der Waals surface area contributed by atoms with E-state index in [9.17, 15) is 0 Å². The number of rotatable bonds is 2. The summed E-state index contributed by atoms with van der Waals surface area (Å²) >= 11 is 0. The van der Waals surface area contributed by atoms with Gasteiger partial charge in [0.2, 0.25) is 0 Å². The Hall–Kier alpha value is -2.09. The van der Waals surface area contributed by atoms with Gasteiger partial charge in [-0.15, -0.1) is 0 Å². The number of hydrogen-bond donors (Lipinski definition) is 0. The van der Waals surface area contributed by atoms with Crippen molar-refractivity contribution in [2.24, 2.45) is 0 Å². The van der Waals surface area contributed by atoms with Crippen LogP contribution in [-0.4, -0.2) is 4.40 Å². The van der Waals surface area contributed by atoms with E-state index < -0.39 is 0 Å². The third-order valence-electron chi connectivity index (χ3n) is 3.20. The van der Waals surface area contributed by atoms with Crippen LogP contribution in [0.15, 0.2) is 55.0 Å². The fourth-order valence-electron chi connectivity index (χ4n) is 2.54. The molecule has 0 saturated carbocycles. The zero-order valence-corrected chi connectivity index (χ0v) is 10.8. The van der Waals surface area contributed by atoms with E-state index in [1.807, 2.05) is 6.07 Å². The molecule has 2 aromatic heterocycles. The molecule has 0 radical (unpaired) electrons. The molecule has 0 atom stereocenters. The lowest BCUT2D eigenvalue weighted by atomic mass is 10.1. The molecule has 2 nitrogen and oxygen atoms in total. The highest BCUT2D eigenvalue weighted by atomic mass is 15.1. The third kappa shape index (κ3) is 2.02. The van der Waals surface area contributed by atoms with Gasteiger partial charge in [0.25, 0.3) is 5.65 Å². The Balaban J connectivity index is 2.01. The lowest BCUT2D eigenvalue weighted by Crippen LogP contribution is -2.32. The van der Waals surface area contributed by atoms with E-state index in [0.717, 1.165) is 6.54 Å². The first kappa shape index (κ1) is 11.0. The summed E-state index contributed by atoms with van der Waals surface area (Å²) in [6.45, 7) is 5.22. The van der Waals surface area contributed by atoms with Gasteiger partial charge in [-0.3, -0.25) is 0 Å². The van der Waals surface area contributed by atoms with Crippen molar-refractivity contribution in [2.45, 2.75) is 20.4 Å². The summed E-state index contributed by atoms with van der Waals surface area (Å²) in [6, 6.07) is 13.0. The van der Waals surface area contributed by atoms with Crippen LogP contribution in [0.3, 0.4) is 0 Å². The van der Waals surface area contributed by atoms with Gasteiger partial charge in [0.05, 0.1) is 6.20 Å². The predicted octanol–water partition coefficient (Wildman–Crippen LogP) is 2.89. The van der Waals surface area contributed by atoms with Gasteiger partial charge >= 0.3 is 0 Å². The first-order valence-electron chi connectivity index (χ1n) is 6.25. The summed E-state index contributed by atoms with van der Waals surface area (Å²) in [4.78, 5) is 0. The first-order chi connectivity index (χ1) is 8.72. The molecule has 0 N–H and O–H groups in total. The number of nitrogens with zero attached hydrogens (tertiary/aromatic N) is 2. The van der Waals surface area contributed by atoms with E-state index in [-0.39, 0.29) is 0 Å². The van der Waals surface area contributed by atoms with E-state index in [4.69, 9.17) is 0 Å². The minimum atomic E-state index is 0.920. The molecular formula is C16H17N2+. The summed E-state index contributed by atoms with van der Waals surface area (Å²) in [5.41, 5.74) is 5.23. The highest BCUT2D eigenvalue weighted by molar-refractivity contribution is 5.32. The zero-order valence-electron chi connectivity index (χ0n) is 10.8. The maximum absolute atomic E-state index is 2.27. The minimum Gasteiger partial charge on any atom is -0.226 e. The minimum absolute atomic E-state index is 0.920. The van der Waals surface area contributed by atoms with Gasteiger partial charge in [-0.1, -0.05) is 35.4 Å². The van der Waals surface area contributed by atoms with E-state index in [0.29, 0.717) is 0 Å². The monoisotopic (exact) mass is 237 g/mol. The molecule has 2 heteroatoms. The molecule has 0 saturated heterocycles. The Bertz CT molecular complexity index is 675. The summed E-state index contributed by atoms with van der Waals surface area (Å²) in [7, 11) is 0. The van der Waals surface area contributed by atoms with Crippen LogP contribution in [0.4, 0.5) is 0 Å². The van der Waals surface area contributed by atoms with E-state index in [2.05, 4.69) is 71.7 Å². The molecular weight excluding hydrogens is 220 g/mol. The fourth-order valence-corrected chi connectivity index (χ4v) is 2.54. The Morgan fingerprint density at radius 3 is 2.56 bits per heavy atom. The highest BCUT2D eigenvalue weighted by Gasteiger charge is 2.08. The largest absolute Gasteiger partial charge is 0.286 e. The third-order valence-corrected chi connectivity index (χ3v) is 3.20. The molecule has 3 rings (SSSR count). The Morgan fingerprint density at radius 2 is 1.78 bits per heavy atom. The lowest BCUT2D eigenvalue weighted by molar-refractivity contribution is -0.661. The molecule has 1 aromatic carbocycles. The van der Waals surface area contributed by atoms with Crippen molar-refractivity contribution < 1.29 is 4.57 Å². The van der Waals surface area contributed by atoms with Crippen molar-refractivity contribution in [3.05, 3.63) is 71.7 Å². The standard InChI is InChI=1S/C16H17N2/c1-13-9-14(2)11-15(10-13)12-18-8-7-17-6-4-3-5-16(17)18/h3-11H,12H2,1-2H3/q+1. The zero-order chi connectivity index (χ0) is 12.5. The Kier molecular flexibility index (Phi) is 2.63. The number of aromatic nitrogens is 2. The van der Waals surface area contributed by atoms with Gasteiger partial charge in [0, 0.05) is 6.07 Å². The molecule has 0 amide bonds. The van der Waals surface area contributed by atoms with Crippen molar-refractivity contribution in [1.29, 1.82) is 0 Å². The van der Waals surface area contributed by atoms with Crippen LogP contribution in [0.2, 0.25) is 0 Å². The topological polar surface area (TPSA) is 8.29 Å². The SMILES string of the molecule is Cc1cc(C)cc(C[n+]2ccn3ccccc32)c1. The summed E-state index contributed by atoms with van der Waals surface area (Å²) in [5, 5.41) is 0. The van der Waals surface area contributed by atoms with E-state index in [1.54, 1.807) is 0 Å². The van der Waals surface area contributed by atoms with Crippen molar-refractivity contribution in [1.82, 2.24) is 4.40 Å². The molecule has 0 spiro atoms. The van der Waals surface area contributed by atoms with Crippen molar-refractivity contribution in [3.63, 3.8) is 0 Å². The average Bonchev–Trinajstić information content (AvgIpc) is 2.72. The molecule has 90 valence electrons. The van der Waals surface area contributed by atoms with Gasteiger partial charge in [-0.05, 0) is 25.5 Å². The molecule has 0 unspecified atom stereocenters. The first-order valence-corrected chi connectivity index (χ1v) is 6.25. The molecule has 0 bridgehead atoms. The number of hydrogen-bond acceptors (Lipinski definition) is 0. The van der Waals surface area contributed by atoms with Crippen LogP contribution in [-0.2, 0) is 6.54 Å². The maximum Gasteiger partial charge on any atom is 0.286 e. The number of pyridine rings is 1. The van der Waals surface area contributed by atoms with Crippen LogP contribution < -0.4 is 4.57 Å². The molecule has 0 fully saturated rings. The normalized spacial score (nSPS) is 11.0. The lowest BCUT2D eigenvalue weighted by Gasteiger charge is -2.03. The second-order valence-electron chi connectivity index (χ2n) is 4.89. The van der Waals surface area contributed by atoms with Crippen molar-refractivity contribution in [3.8, 4) is 0 Å². The van der Waals surface area contributed by atoms with E-state index in [1.165, 1.54) is 22.3 Å². The van der Waals surface area contributed by atoms with Crippen LogP contribution in [0.25, 0.3) is 5.65 Å². The van der Waals surface area contributed by atoms with Gasteiger partial charge in [0.15, 0.2) is 0 Å². The predicted molar refractivity (Wildman–Crippen MR) is 72.6 cm³/mol. The second kappa shape index (κ2) is 4.30. The second-order valence-corrected chi connectivity index (χ2v) is 4.89. The molecule has 18 heavy (non-hydrogen) atoms. The quantitative estimate of drug-likeness (QED) is 0.606. The van der Waals surface area contributed by atoms with Crippen LogP contribution in [0.5, 0.6) is 0 Å². The van der Waals surface area contributed by atoms with Gasteiger partial charge in [0.1, 0.15) is 18.9 Å². The summed E-state index contributed by atoms with van der Waals surface area (Å²) < 4.78 is 4.41. The van der Waals surface area contributed by atoms with Crippen LogP contribution in [0.1, 0.15) is 16.7 Å². The van der Waals surface area contributed by atoms with Crippen LogP contribution in [0, 0.1) is 13.8 Å². The number of imidazole rings is 1. The van der Waals surface area contributed by atoms with Crippen molar-refractivity contribution >= 4 is 5.65 Å². The Morgan fingerprint density at radius 1 is 1.00 bits per heavy atom. The fraction of sp³-hybridized carbons (Fsp3) is 0.188. The molecule has 2 heterocycles. The maximum atomic E-state index is 2.27. The van der Waals surface area contributed by atoms with Gasteiger partial charge in [-0.2, -0.15) is 0 Å². The van der Waals surface area contributed by atoms with E-state index >= 15 is 0 Å². The van der Waals surface area contributed by atoms with Crippen molar-refractivity contribution in [2.75, 3.05) is 0 Å². The molecule has 3 aromatic rings. The van der Waals surface area contributed by atoms with Gasteiger partial charge < -0.3 is 0 Å². The summed E-state index contributed by atoms with van der Waals surface area (Å²) in [6.07, 6.45) is 6.30. The highest BCUT2D eigenvalue weighted by Crippen LogP contribution is 2.09. The molecule has 0 aliphatic rings. The summed E-state index contributed by atoms with van der Waals surface area (Å²) in [5.74, 6) is 0. The van der Waals surface area contributed by atoms with Gasteiger partial charge in [-0.25, -0.2) is 8.97 Å². The molecule has 0 aliphatic heterocycles. The Labute approximate surface area is 107 Å². The number of aryl methyl sites for hydroxylation is 2. The average molecular weight is 237 g/mol. The number of benzene rings is 1.